The predicted octanol–water partition coefficient (Wildman–Crippen LogP) is 16.3. The van der Waals surface area contributed by atoms with E-state index in [0.717, 1.165) is 125 Å². The van der Waals surface area contributed by atoms with Gasteiger partial charge in [-0.1, -0.05) is 61.5 Å². The molecule has 15 heteroatoms. The molecular formula is C74H68N10O5. The van der Waals surface area contributed by atoms with Crippen LogP contribution in [0.15, 0.2) is 263 Å². The van der Waals surface area contributed by atoms with Crippen molar-refractivity contribution in [1.82, 2.24) is 46.9 Å². The molecule has 0 radical (unpaired) electrons. The maximum absolute atomic E-state index is 5.45. The van der Waals surface area contributed by atoms with E-state index in [2.05, 4.69) is 86.4 Å². The summed E-state index contributed by atoms with van der Waals surface area (Å²) in [6, 6.07) is 66.8. The van der Waals surface area contributed by atoms with Gasteiger partial charge in [0, 0.05) is 58.8 Å². The zero-order valence-corrected chi connectivity index (χ0v) is 50.8. The van der Waals surface area contributed by atoms with Gasteiger partial charge in [-0.15, -0.1) is 0 Å². The van der Waals surface area contributed by atoms with E-state index in [1.165, 1.54) is 5.56 Å². The highest BCUT2D eigenvalue weighted by Crippen LogP contribution is 2.32. The second-order valence-corrected chi connectivity index (χ2v) is 20.4. The number of pyridine rings is 5. The summed E-state index contributed by atoms with van der Waals surface area (Å²) < 4.78 is 36.6. The van der Waals surface area contributed by atoms with Crippen LogP contribution in [0.3, 0.4) is 0 Å². The Balaban J connectivity index is 0.000000115. The standard InChI is InChI=1S/C16H16N2O.2C15H14N2O.2C14H12N2O/c1-3-12-7-8-13(10-15(12)19-2)16-14-6-4-5-9-18(14)11-17-16;1-11-9-12(6-7-14(11)18-2)15-13-5-3-4-8-17(13)10-16-15;1-2-18-13-8-6-12(7-9-13)15-14-5-3-4-10-17(14)11-16-15;1-17-12-6-4-5-11(9-12)14-13-7-2-3-8-16(13)10-15-14;1-17-12-7-5-11(6-8-12)14-13-4-2-3-9-16(13)10-15-14/h4-11H,3H2,1-2H3;3-10H,1-2H3;3-11H,2H2,1H3;2*2-10H,1H3. The molecule has 0 bridgehead atoms. The quantitative estimate of drug-likeness (QED) is 0.116. The molecule has 0 aliphatic carbocycles. The molecule has 15 aromatic rings. The smallest absolute Gasteiger partial charge is 0.122 e. The number of aromatic nitrogens is 10. The zero-order valence-electron chi connectivity index (χ0n) is 50.8. The van der Waals surface area contributed by atoms with Crippen molar-refractivity contribution in [2.24, 2.45) is 0 Å². The number of nitrogens with zero attached hydrogens (tertiary/aromatic N) is 10. The summed E-state index contributed by atoms with van der Waals surface area (Å²) in [6.07, 6.45) is 20.1. The Morgan fingerprint density at radius 3 is 1.07 bits per heavy atom. The summed E-state index contributed by atoms with van der Waals surface area (Å²) >= 11 is 0. The fourth-order valence-corrected chi connectivity index (χ4v) is 10.4. The molecule has 0 unspecified atom stereocenters. The number of benzene rings is 5. The number of hydrogen-bond donors (Lipinski definition) is 0. The van der Waals surface area contributed by atoms with Crippen LogP contribution in [-0.4, -0.2) is 82.0 Å². The van der Waals surface area contributed by atoms with Crippen LogP contribution in [0.2, 0.25) is 0 Å². The van der Waals surface area contributed by atoms with Gasteiger partial charge in [-0.3, -0.25) is 0 Å². The van der Waals surface area contributed by atoms with Crippen LogP contribution in [0.5, 0.6) is 28.7 Å². The molecule has 15 nitrogen and oxygen atoms in total. The fraction of sp³-hybridized carbons (Fsp3) is 0.122. The molecule has 5 aromatic carbocycles. The number of aryl methyl sites for hydroxylation is 2. The predicted molar refractivity (Wildman–Crippen MR) is 355 cm³/mol. The molecule has 10 heterocycles. The number of imidazole rings is 5. The van der Waals surface area contributed by atoms with Crippen molar-refractivity contribution < 1.29 is 23.7 Å². The van der Waals surface area contributed by atoms with Crippen molar-refractivity contribution in [3.63, 3.8) is 0 Å². The summed E-state index contributed by atoms with van der Waals surface area (Å²) in [5.74, 6) is 4.43. The Labute approximate surface area is 517 Å². The van der Waals surface area contributed by atoms with Gasteiger partial charge in [-0.05, 0) is 177 Å². The molecule has 0 spiro atoms. The van der Waals surface area contributed by atoms with Gasteiger partial charge in [-0.25, -0.2) is 24.9 Å². The molecule has 0 amide bonds. The first-order chi connectivity index (χ1) is 43.8. The molecule has 0 saturated heterocycles. The first-order valence-corrected chi connectivity index (χ1v) is 29.2. The Morgan fingerprint density at radius 2 is 0.685 bits per heavy atom. The van der Waals surface area contributed by atoms with E-state index < -0.39 is 0 Å². The lowest BCUT2D eigenvalue weighted by molar-refractivity contribution is 0.340. The van der Waals surface area contributed by atoms with Crippen LogP contribution in [0.1, 0.15) is 25.0 Å². The van der Waals surface area contributed by atoms with Gasteiger partial charge in [0.25, 0.3) is 0 Å². The minimum absolute atomic E-state index is 0.687. The highest BCUT2D eigenvalue weighted by molar-refractivity contribution is 5.81. The number of methoxy groups -OCH3 is 4. The van der Waals surface area contributed by atoms with Crippen molar-refractivity contribution in [2.45, 2.75) is 27.2 Å². The lowest BCUT2D eigenvalue weighted by Crippen LogP contribution is -1.91. The van der Waals surface area contributed by atoms with E-state index in [0.29, 0.717) is 6.61 Å². The average Bonchev–Trinajstić information content (AvgIpc) is 4.27. The number of fused-ring (bicyclic) bond motifs is 5. The summed E-state index contributed by atoms with van der Waals surface area (Å²) in [7, 11) is 6.74. The maximum atomic E-state index is 5.45. The normalized spacial score (nSPS) is 10.7. The van der Waals surface area contributed by atoms with Crippen LogP contribution < -0.4 is 23.7 Å². The molecule has 0 saturated carbocycles. The van der Waals surface area contributed by atoms with Crippen LogP contribution in [0.25, 0.3) is 83.9 Å². The van der Waals surface area contributed by atoms with Crippen molar-refractivity contribution in [1.29, 1.82) is 0 Å². The second-order valence-electron chi connectivity index (χ2n) is 20.4. The van der Waals surface area contributed by atoms with Gasteiger partial charge in [0.15, 0.2) is 0 Å². The Morgan fingerprint density at radius 1 is 0.315 bits per heavy atom. The van der Waals surface area contributed by atoms with Crippen LogP contribution in [0, 0.1) is 6.92 Å². The van der Waals surface area contributed by atoms with E-state index in [9.17, 15) is 0 Å². The van der Waals surface area contributed by atoms with Gasteiger partial charge in [0.1, 0.15) is 28.7 Å². The van der Waals surface area contributed by atoms with Gasteiger partial charge < -0.3 is 45.7 Å². The minimum Gasteiger partial charge on any atom is -0.497 e. The molecular weight excluding hydrogens is 1110 g/mol. The minimum atomic E-state index is 0.687. The highest BCUT2D eigenvalue weighted by Gasteiger charge is 2.13. The number of rotatable bonds is 12. The monoisotopic (exact) mass is 1180 g/mol. The fourth-order valence-electron chi connectivity index (χ4n) is 10.4. The van der Waals surface area contributed by atoms with E-state index in [1.807, 2.05) is 244 Å². The third-order valence-electron chi connectivity index (χ3n) is 15.0. The van der Waals surface area contributed by atoms with E-state index in [4.69, 9.17) is 23.7 Å². The molecule has 0 fully saturated rings. The van der Waals surface area contributed by atoms with Gasteiger partial charge in [0.05, 0.1) is 123 Å². The first-order valence-electron chi connectivity index (χ1n) is 29.2. The van der Waals surface area contributed by atoms with E-state index in [1.54, 1.807) is 28.4 Å². The van der Waals surface area contributed by atoms with Crippen molar-refractivity contribution >= 4 is 27.6 Å². The third-order valence-corrected chi connectivity index (χ3v) is 15.0. The molecule has 15 rings (SSSR count). The average molecular weight is 1180 g/mol. The first kappa shape index (κ1) is 59.3. The third kappa shape index (κ3) is 13.5. The molecule has 0 N–H and O–H groups in total. The maximum Gasteiger partial charge on any atom is 0.122 e. The summed E-state index contributed by atoms with van der Waals surface area (Å²) in [5, 5.41) is 0. The van der Waals surface area contributed by atoms with Crippen molar-refractivity contribution in [3.05, 3.63) is 274 Å². The lowest BCUT2D eigenvalue weighted by atomic mass is 10.1. The van der Waals surface area contributed by atoms with Crippen molar-refractivity contribution in [3.8, 4) is 85.0 Å². The lowest BCUT2D eigenvalue weighted by Gasteiger charge is -2.08. The zero-order chi connectivity index (χ0) is 61.5. The molecule has 0 aliphatic heterocycles. The summed E-state index contributed by atoms with van der Waals surface area (Å²) in [5.41, 5.74) is 18.3. The van der Waals surface area contributed by atoms with E-state index >= 15 is 0 Å². The SMILES string of the molecule is CCOc1ccc(-c2ncn3ccccc23)cc1.CCc1ccc(-c2ncn3ccccc23)cc1OC.COc1ccc(-c2ncn3ccccc23)cc1.COc1ccc(-c2ncn3ccccc23)cc1C.COc1cccc(-c2ncn3ccccc23)c1. The Bertz CT molecular complexity index is 4770. The largest absolute Gasteiger partial charge is 0.497 e. The second kappa shape index (κ2) is 28.2. The van der Waals surface area contributed by atoms with Crippen LogP contribution in [-0.2, 0) is 6.42 Å². The Hall–Kier alpha value is -11.5. The van der Waals surface area contributed by atoms with Gasteiger partial charge in [-0.2, -0.15) is 0 Å². The molecule has 0 atom stereocenters. The number of ether oxygens (including phenoxy) is 5. The molecule has 444 valence electrons. The van der Waals surface area contributed by atoms with Crippen LogP contribution >= 0.6 is 0 Å². The van der Waals surface area contributed by atoms with Gasteiger partial charge in [0.2, 0.25) is 0 Å². The topological polar surface area (TPSA) is 133 Å². The Kier molecular flexibility index (Phi) is 18.8. The molecule has 0 aliphatic rings. The van der Waals surface area contributed by atoms with Crippen molar-refractivity contribution in [2.75, 3.05) is 35.0 Å². The number of hydrogen-bond acceptors (Lipinski definition) is 10. The molecule has 89 heavy (non-hydrogen) atoms. The molecule has 10 aromatic heterocycles. The summed E-state index contributed by atoms with van der Waals surface area (Å²) in [6.45, 7) is 6.84. The summed E-state index contributed by atoms with van der Waals surface area (Å²) in [4.78, 5) is 22.3. The van der Waals surface area contributed by atoms with Gasteiger partial charge >= 0.3 is 0 Å². The van der Waals surface area contributed by atoms with E-state index in [-0.39, 0.29) is 0 Å². The highest BCUT2D eigenvalue weighted by atomic mass is 16.5. The van der Waals surface area contributed by atoms with Crippen LogP contribution in [0.4, 0.5) is 0 Å².